The molecule has 0 saturated carbocycles. The monoisotopic (exact) mass is 425 g/mol. The maximum Gasteiger partial charge on any atom is 0.278 e. The van der Waals surface area contributed by atoms with Gasteiger partial charge in [0.15, 0.2) is 0 Å². The first kappa shape index (κ1) is 20.4. The molecule has 30 heavy (non-hydrogen) atoms. The Morgan fingerprint density at radius 3 is 2.27 bits per heavy atom. The van der Waals surface area contributed by atoms with Gasteiger partial charge in [-0.15, -0.1) is 0 Å². The van der Waals surface area contributed by atoms with Gasteiger partial charge in [-0.3, -0.25) is 14.5 Å². The number of hydrogen-bond acceptors (Lipinski definition) is 5. The SMILES string of the molecule is COc1ccccc1CN1C(=O)C(c2ccc(Cl)cc2)=C(N2CCN(C)CC2)C1=O. The van der Waals surface area contributed by atoms with Crippen LogP contribution in [0.5, 0.6) is 5.75 Å². The first-order valence-corrected chi connectivity index (χ1v) is 10.3. The molecule has 0 spiro atoms. The van der Waals surface area contributed by atoms with Crippen molar-refractivity contribution in [1.29, 1.82) is 0 Å². The Labute approximate surface area is 181 Å². The summed E-state index contributed by atoms with van der Waals surface area (Å²) in [5.41, 5.74) is 2.41. The average molecular weight is 426 g/mol. The summed E-state index contributed by atoms with van der Waals surface area (Å²) < 4.78 is 5.41. The standard InChI is InChI=1S/C23H24ClN3O3/c1-25-11-13-26(14-12-25)21-20(16-7-9-18(24)10-8-16)22(28)27(23(21)29)15-17-5-3-4-6-19(17)30-2/h3-10H,11-15H2,1-2H3. The van der Waals surface area contributed by atoms with Crippen molar-refractivity contribution in [3.8, 4) is 5.75 Å². The second-order valence-corrected chi connectivity index (χ2v) is 7.97. The fourth-order valence-electron chi connectivity index (χ4n) is 3.91. The van der Waals surface area contributed by atoms with E-state index in [4.69, 9.17) is 16.3 Å². The summed E-state index contributed by atoms with van der Waals surface area (Å²) in [7, 11) is 3.64. The summed E-state index contributed by atoms with van der Waals surface area (Å²) in [4.78, 5) is 32.5. The highest BCUT2D eigenvalue weighted by atomic mass is 35.5. The van der Waals surface area contributed by atoms with Crippen molar-refractivity contribution in [2.24, 2.45) is 0 Å². The highest BCUT2D eigenvalue weighted by Gasteiger charge is 2.42. The van der Waals surface area contributed by atoms with Gasteiger partial charge in [0.1, 0.15) is 11.4 Å². The maximum absolute atomic E-state index is 13.5. The van der Waals surface area contributed by atoms with Gasteiger partial charge >= 0.3 is 0 Å². The number of hydrogen-bond donors (Lipinski definition) is 0. The first-order valence-electron chi connectivity index (χ1n) is 9.91. The van der Waals surface area contributed by atoms with Gasteiger partial charge in [-0.1, -0.05) is 41.9 Å². The minimum absolute atomic E-state index is 0.163. The van der Waals surface area contributed by atoms with Gasteiger partial charge in [-0.2, -0.15) is 0 Å². The number of nitrogens with zero attached hydrogens (tertiary/aromatic N) is 3. The Bertz CT molecular complexity index is 995. The molecule has 7 heteroatoms. The molecule has 0 atom stereocenters. The van der Waals surface area contributed by atoms with Crippen molar-refractivity contribution in [3.63, 3.8) is 0 Å². The van der Waals surface area contributed by atoms with Gasteiger partial charge in [0.25, 0.3) is 11.8 Å². The topological polar surface area (TPSA) is 53.1 Å². The third-order valence-electron chi connectivity index (χ3n) is 5.62. The van der Waals surface area contributed by atoms with Crippen LogP contribution in [0.3, 0.4) is 0 Å². The van der Waals surface area contributed by atoms with Crippen molar-refractivity contribution in [3.05, 3.63) is 70.4 Å². The molecule has 2 aromatic rings. The molecule has 0 unspecified atom stereocenters. The van der Waals surface area contributed by atoms with E-state index in [1.165, 1.54) is 4.90 Å². The van der Waals surface area contributed by atoms with Crippen LogP contribution in [0.1, 0.15) is 11.1 Å². The Balaban J connectivity index is 1.73. The Hall–Kier alpha value is -2.83. The highest BCUT2D eigenvalue weighted by Crippen LogP contribution is 2.34. The van der Waals surface area contributed by atoms with Crippen LogP contribution < -0.4 is 4.74 Å². The Kier molecular flexibility index (Phi) is 5.79. The Morgan fingerprint density at radius 2 is 1.60 bits per heavy atom. The number of para-hydroxylation sites is 1. The van der Waals surface area contributed by atoms with E-state index in [-0.39, 0.29) is 18.4 Å². The molecule has 1 fully saturated rings. The van der Waals surface area contributed by atoms with Crippen LogP contribution in [0.15, 0.2) is 54.2 Å². The number of rotatable bonds is 5. The molecule has 6 nitrogen and oxygen atoms in total. The molecule has 156 valence electrons. The number of amides is 2. The summed E-state index contributed by atoms with van der Waals surface area (Å²) in [5, 5.41) is 0.586. The van der Waals surface area contributed by atoms with E-state index in [0.29, 0.717) is 40.7 Å². The lowest BCUT2D eigenvalue weighted by molar-refractivity contribution is -0.138. The lowest BCUT2D eigenvalue weighted by Gasteiger charge is -2.34. The lowest BCUT2D eigenvalue weighted by atomic mass is 10.0. The highest BCUT2D eigenvalue weighted by molar-refractivity contribution is 6.36. The quantitative estimate of drug-likeness (QED) is 0.689. The molecule has 2 amide bonds. The number of carbonyl (C=O) groups excluding carboxylic acids is 2. The first-order chi connectivity index (χ1) is 14.5. The predicted molar refractivity (Wildman–Crippen MR) is 116 cm³/mol. The van der Waals surface area contributed by atoms with Gasteiger partial charge in [-0.25, -0.2) is 0 Å². The van der Waals surface area contributed by atoms with Crippen LogP contribution in [-0.2, 0) is 16.1 Å². The number of piperazine rings is 1. The maximum atomic E-state index is 13.5. The van der Waals surface area contributed by atoms with Gasteiger partial charge < -0.3 is 14.5 Å². The Morgan fingerprint density at radius 1 is 0.933 bits per heavy atom. The summed E-state index contributed by atoms with van der Waals surface area (Å²) in [6, 6.07) is 14.5. The smallest absolute Gasteiger partial charge is 0.278 e. The molecular weight excluding hydrogens is 402 g/mol. The van der Waals surface area contributed by atoms with Crippen molar-refractivity contribution < 1.29 is 14.3 Å². The number of halogens is 1. The van der Waals surface area contributed by atoms with Crippen LogP contribution in [0, 0.1) is 0 Å². The third kappa shape index (κ3) is 3.80. The number of likely N-dealkylation sites (N-methyl/N-ethyl adjacent to an activating group) is 1. The van der Waals surface area contributed by atoms with E-state index in [2.05, 4.69) is 11.9 Å². The van der Waals surface area contributed by atoms with Gasteiger partial charge in [0.05, 0.1) is 19.2 Å². The zero-order valence-electron chi connectivity index (χ0n) is 17.1. The molecule has 0 bridgehead atoms. The van der Waals surface area contributed by atoms with Gasteiger partial charge in [0.2, 0.25) is 0 Å². The largest absolute Gasteiger partial charge is 0.496 e. The van der Waals surface area contributed by atoms with Gasteiger partial charge in [-0.05, 0) is 30.8 Å². The second kappa shape index (κ2) is 8.50. The third-order valence-corrected chi connectivity index (χ3v) is 5.87. The number of carbonyl (C=O) groups is 2. The van der Waals surface area contributed by atoms with Crippen molar-refractivity contribution in [2.75, 3.05) is 40.3 Å². The minimum atomic E-state index is -0.290. The fraction of sp³-hybridized carbons (Fsp3) is 0.304. The molecule has 4 rings (SSSR count). The summed E-state index contributed by atoms with van der Waals surface area (Å²) >= 11 is 6.05. The van der Waals surface area contributed by atoms with E-state index in [1.807, 2.05) is 29.2 Å². The summed E-state index contributed by atoms with van der Waals surface area (Å²) in [5.74, 6) is 0.0988. The van der Waals surface area contributed by atoms with Crippen molar-refractivity contribution in [2.45, 2.75) is 6.54 Å². The number of methoxy groups -OCH3 is 1. The average Bonchev–Trinajstić information content (AvgIpc) is 3.00. The molecule has 2 aliphatic heterocycles. The van der Waals surface area contributed by atoms with Crippen LogP contribution >= 0.6 is 11.6 Å². The number of imide groups is 1. The zero-order valence-corrected chi connectivity index (χ0v) is 17.9. The van der Waals surface area contributed by atoms with Gasteiger partial charge in [0, 0.05) is 36.8 Å². The number of ether oxygens (including phenoxy) is 1. The molecule has 0 N–H and O–H groups in total. The van der Waals surface area contributed by atoms with Crippen molar-refractivity contribution >= 4 is 29.0 Å². The number of benzene rings is 2. The molecule has 2 heterocycles. The fourth-order valence-corrected chi connectivity index (χ4v) is 4.04. The normalized spacial score (nSPS) is 17.8. The van der Waals surface area contributed by atoms with E-state index in [1.54, 1.807) is 31.4 Å². The molecule has 2 aliphatic rings. The van der Waals surface area contributed by atoms with Crippen LogP contribution in [0.4, 0.5) is 0 Å². The lowest BCUT2D eigenvalue weighted by Crippen LogP contribution is -2.46. The molecule has 0 aromatic heterocycles. The van der Waals surface area contributed by atoms with E-state index >= 15 is 0 Å². The molecule has 0 aliphatic carbocycles. The predicted octanol–water partition coefficient (Wildman–Crippen LogP) is 2.88. The molecule has 2 aromatic carbocycles. The second-order valence-electron chi connectivity index (χ2n) is 7.53. The molecule has 0 radical (unpaired) electrons. The van der Waals surface area contributed by atoms with Crippen LogP contribution in [0.25, 0.3) is 5.57 Å². The summed E-state index contributed by atoms with van der Waals surface area (Å²) in [6.07, 6.45) is 0. The van der Waals surface area contributed by atoms with Crippen molar-refractivity contribution in [1.82, 2.24) is 14.7 Å². The zero-order chi connectivity index (χ0) is 21.3. The summed E-state index contributed by atoms with van der Waals surface area (Å²) in [6.45, 7) is 3.24. The van der Waals surface area contributed by atoms with Crippen LogP contribution in [0.2, 0.25) is 5.02 Å². The van der Waals surface area contributed by atoms with Crippen LogP contribution in [-0.4, -0.2) is 66.9 Å². The van der Waals surface area contributed by atoms with E-state index in [0.717, 1.165) is 18.7 Å². The molecular formula is C23H24ClN3O3. The molecule has 1 saturated heterocycles. The van der Waals surface area contributed by atoms with E-state index in [9.17, 15) is 9.59 Å². The van der Waals surface area contributed by atoms with E-state index < -0.39 is 0 Å². The minimum Gasteiger partial charge on any atom is -0.496 e.